The Labute approximate surface area is 364 Å². The highest BCUT2D eigenvalue weighted by Gasteiger charge is 2.17. The quantitative estimate of drug-likeness (QED) is 0.129. The van der Waals surface area contributed by atoms with Crippen LogP contribution < -0.4 is 22.2 Å². The third-order valence-electron chi connectivity index (χ3n) is 11.7. The van der Waals surface area contributed by atoms with Crippen LogP contribution in [0.2, 0.25) is 0 Å². The molecule has 0 fully saturated rings. The third-order valence-corrected chi connectivity index (χ3v) is 11.7. The lowest BCUT2D eigenvalue weighted by molar-refractivity contribution is 0.568. The van der Waals surface area contributed by atoms with Gasteiger partial charge >= 0.3 is 0 Å². The summed E-state index contributed by atoms with van der Waals surface area (Å²) in [6, 6.07) is 45.7. The molecule has 0 N–H and O–H groups in total. The number of unbranched alkanes of at least 4 members (excludes halogenated alkanes) is 6. The van der Waals surface area contributed by atoms with Crippen molar-refractivity contribution in [2.45, 2.75) is 131 Å². The van der Waals surface area contributed by atoms with E-state index in [1.54, 1.807) is 24.3 Å². The Balaban J connectivity index is 1.57. The summed E-state index contributed by atoms with van der Waals surface area (Å²) in [4.78, 5) is 54.9. The maximum Gasteiger partial charge on any atom is 0.261 e. The highest BCUT2D eigenvalue weighted by Crippen LogP contribution is 2.26. The Morgan fingerprint density at radius 3 is 0.887 bits per heavy atom. The average molecular weight is 819 g/mol. The van der Waals surface area contributed by atoms with Crippen LogP contribution in [0.15, 0.2) is 79.8 Å². The van der Waals surface area contributed by atoms with E-state index in [1.165, 1.54) is 9.13 Å². The summed E-state index contributed by atoms with van der Waals surface area (Å²) in [6.45, 7) is 17.8. The molecule has 5 aromatic carbocycles. The SMILES string of the molecule is CCCCCCn1c(=O)c2cc3c#cc4cc(C(C)(C)C)cc(c#cc5cc6c(=O)n(CCCCCC)c(=O)c6cc5c#cc5cc(C(C)(C)C)cc(c#cc3cc2c1=O)c5)c4. The summed E-state index contributed by atoms with van der Waals surface area (Å²) >= 11 is 0. The number of hydrogen-bond donors (Lipinski definition) is 0. The lowest BCUT2D eigenvalue weighted by Crippen LogP contribution is -2.25. The molecule has 0 saturated carbocycles. The van der Waals surface area contributed by atoms with Crippen molar-refractivity contribution in [2.75, 3.05) is 0 Å². The van der Waals surface area contributed by atoms with Crippen LogP contribution in [0.5, 0.6) is 0 Å². The zero-order valence-electron chi connectivity index (χ0n) is 37.4. The molecule has 6 nitrogen and oxygen atoms in total. The van der Waals surface area contributed by atoms with Gasteiger partial charge in [0.15, 0.2) is 0 Å². The Morgan fingerprint density at radius 2 is 0.645 bits per heavy atom. The van der Waals surface area contributed by atoms with Gasteiger partial charge in [0.2, 0.25) is 0 Å². The van der Waals surface area contributed by atoms with Crippen molar-refractivity contribution in [3.05, 3.63) is 162 Å². The van der Waals surface area contributed by atoms with Gasteiger partial charge in [-0.2, -0.15) is 0 Å². The van der Waals surface area contributed by atoms with Crippen molar-refractivity contribution >= 4 is 64.6 Å². The maximum absolute atomic E-state index is 13.7. The second kappa shape index (κ2) is 17.8. The van der Waals surface area contributed by atoms with Crippen molar-refractivity contribution in [2.24, 2.45) is 0 Å². The summed E-state index contributed by atoms with van der Waals surface area (Å²) in [5.74, 6) is 0. The fraction of sp³-hybridized carbons (Fsp3) is 0.357. The molecule has 0 aliphatic heterocycles. The molecule has 7 rings (SSSR count). The first kappa shape index (κ1) is 43.5. The van der Waals surface area contributed by atoms with Crippen LogP contribution in [0.1, 0.15) is 118 Å². The van der Waals surface area contributed by atoms with E-state index < -0.39 is 0 Å². The van der Waals surface area contributed by atoms with Crippen molar-refractivity contribution in [3.8, 4) is 0 Å². The smallest absolute Gasteiger partial charge is 0.261 e. The number of rotatable bonds is 10. The standard InChI is InChI=1S/C56H54N2O4/c1-9-11-13-15-25-57-51(59)47-33-41-21-17-37-27-39(31-45(29-37)55(3,4)5)19-23-43-35-49-50(54(62)58(53(49)61)26-16-14-12-10-2)36-44(43)24-20-40-28-38(30-46(32-40)56(6,7)8)18-22-42(41)34-48(47)52(57)60/h27-36H,9-16,25-26H2,1-8H3. The zero-order chi connectivity index (χ0) is 44.3. The van der Waals surface area contributed by atoms with Crippen LogP contribution in [0.25, 0.3) is 64.6 Å². The molecule has 0 saturated heterocycles. The highest BCUT2D eigenvalue weighted by atomic mass is 16.2. The summed E-state index contributed by atoms with van der Waals surface area (Å²) in [5, 5.41) is 6.45. The average Bonchev–Trinajstić information content (AvgIpc) is 3.60. The van der Waals surface area contributed by atoms with E-state index in [2.05, 4.69) is 104 Å². The lowest BCUT2D eigenvalue weighted by atomic mass is 9.86. The monoisotopic (exact) mass is 818 g/mol. The topological polar surface area (TPSA) is 78.1 Å². The van der Waals surface area contributed by atoms with Crippen molar-refractivity contribution in [3.63, 3.8) is 0 Å². The lowest BCUT2D eigenvalue weighted by Gasteiger charge is -2.18. The largest absolute Gasteiger partial charge is 0.274 e. The first-order valence-corrected chi connectivity index (χ1v) is 22.0. The fourth-order valence-electron chi connectivity index (χ4n) is 7.85. The molecule has 0 aliphatic carbocycles. The molecule has 0 atom stereocenters. The molecule has 2 heterocycles. The van der Waals surface area contributed by atoms with Gasteiger partial charge in [-0.05, 0) is 95.5 Å². The van der Waals surface area contributed by atoms with E-state index in [-0.39, 0.29) is 33.1 Å². The third kappa shape index (κ3) is 9.32. The maximum atomic E-state index is 13.7. The predicted octanol–water partition coefficient (Wildman–Crippen LogP) is 11.5. The Hall–Kier alpha value is -6.60. The van der Waals surface area contributed by atoms with Gasteiger partial charge in [0.1, 0.15) is 0 Å². The van der Waals surface area contributed by atoms with Crippen LogP contribution in [-0.2, 0) is 23.9 Å². The van der Waals surface area contributed by atoms with E-state index in [0.29, 0.717) is 56.2 Å². The molecule has 62 heavy (non-hydrogen) atoms. The van der Waals surface area contributed by atoms with Crippen molar-refractivity contribution in [1.82, 2.24) is 9.13 Å². The minimum absolute atomic E-state index is 0.237. The van der Waals surface area contributed by atoms with Gasteiger partial charge in [0.25, 0.3) is 22.2 Å². The first-order valence-electron chi connectivity index (χ1n) is 22.0. The fourth-order valence-corrected chi connectivity index (χ4v) is 7.85. The Morgan fingerprint density at radius 1 is 0.371 bits per heavy atom. The number of nitrogens with zero attached hydrogens (tertiary/aromatic N) is 2. The summed E-state index contributed by atoms with van der Waals surface area (Å²) in [5.41, 5.74) is 0.369. The normalized spacial score (nSPS) is 11.6. The van der Waals surface area contributed by atoms with Gasteiger partial charge in [-0.1, -0.05) is 142 Å². The second-order valence-electron chi connectivity index (χ2n) is 18.6. The van der Waals surface area contributed by atoms with Gasteiger partial charge in [-0.3, -0.25) is 28.3 Å². The van der Waals surface area contributed by atoms with Crippen molar-refractivity contribution in [1.29, 1.82) is 0 Å². The van der Waals surface area contributed by atoms with Gasteiger partial charge in [-0.15, -0.1) is 0 Å². The summed E-state index contributed by atoms with van der Waals surface area (Å²) in [7, 11) is 0. The minimum Gasteiger partial charge on any atom is -0.274 e. The van der Waals surface area contributed by atoms with E-state index in [4.69, 9.17) is 0 Å². The van der Waals surface area contributed by atoms with Gasteiger partial charge in [0.05, 0.1) is 21.5 Å². The summed E-state index contributed by atoms with van der Waals surface area (Å²) in [6.07, 6.45) is 7.62. The molecular weight excluding hydrogens is 765 g/mol. The highest BCUT2D eigenvalue weighted by molar-refractivity contribution is 5.97. The molecule has 6 heteroatoms. The van der Waals surface area contributed by atoms with Gasteiger partial charge in [0, 0.05) is 56.2 Å². The summed E-state index contributed by atoms with van der Waals surface area (Å²) < 4.78 is 2.71. The second-order valence-corrected chi connectivity index (χ2v) is 18.6. The van der Waals surface area contributed by atoms with E-state index >= 15 is 0 Å². The molecule has 0 unspecified atom stereocenters. The molecule has 4 bridgehead atoms. The van der Waals surface area contributed by atoms with Crippen LogP contribution in [0.4, 0.5) is 0 Å². The molecule has 0 radical (unpaired) electrons. The van der Waals surface area contributed by atoms with E-state index in [1.807, 2.05) is 36.4 Å². The first-order chi connectivity index (χ1) is 29.5. The minimum atomic E-state index is -0.302. The molecule has 7 aromatic rings. The Kier molecular flexibility index (Phi) is 12.5. The van der Waals surface area contributed by atoms with Crippen LogP contribution >= 0.6 is 0 Å². The molecule has 312 valence electrons. The zero-order valence-corrected chi connectivity index (χ0v) is 37.4. The van der Waals surface area contributed by atoms with Crippen LogP contribution in [0.3, 0.4) is 0 Å². The molecular formula is C56H54N2O4. The van der Waals surface area contributed by atoms with E-state index in [0.717, 1.165) is 84.0 Å². The van der Waals surface area contributed by atoms with Gasteiger partial charge < -0.3 is 0 Å². The number of aromatic nitrogens is 2. The van der Waals surface area contributed by atoms with Gasteiger partial charge in [-0.25, -0.2) is 0 Å². The number of benzene rings is 4. The number of fused-ring (bicyclic) bond motifs is 8. The number of hydrogen-bond acceptors (Lipinski definition) is 4. The van der Waals surface area contributed by atoms with Crippen LogP contribution in [0, 0.1) is 48.5 Å². The molecule has 0 spiro atoms. The van der Waals surface area contributed by atoms with Crippen molar-refractivity contribution < 1.29 is 0 Å². The van der Waals surface area contributed by atoms with E-state index in [9.17, 15) is 19.2 Å². The Bertz CT molecular complexity index is 2820. The molecule has 0 amide bonds. The predicted molar refractivity (Wildman–Crippen MR) is 255 cm³/mol. The molecule has 2 aromatic heterocycles. The molecule has 0 aliphatic rings. The van der Waals surface area contributed by atoms with Crippen LogP contribution in [-0.4, -0.2) is 9.13 Å².